The van der Waals surface area contributed by atoms with Crippen LogP contribution in [0.25, 0.3) is 0 Å². The van der Waals surface area contributed by atoms with Gasteiger partial charge in [0.25, 0.3) is 0 Å². The zero-order chi connectivity index (χ0) is 16.0. The highest BCUT2D eigenvalue weighted by Crippen LogP contribution is 2.36. The summed E-state index contributed by atoms with van der Waals surface area (Å²) < 4.78 is 12.1. The number of rotatable bonds is 2. The standard InChI is InChI=1S/C15H25BN4O2/c1-14(2)15(3,4)22-16(21-14)13-17-7-6-12(18-13)20-10-8-19(5)9-11-20/h6-7H,8-11H2,1-5H3. The molecule has 22 heavy (non-hydrogen) atoms. The second-order valence-corrected chi connectivity index (χ2v) is 7.15. The van der Waals surface area contributed by atoms with Gasteiger partial charge in [-0.3, -0.25) is 0 Å². The van der Waals surface area contributed by atoms with Gasteiger partial charge < -0.3 is 19.1 Å². The molecule has 120 valence electrons. The van der Waals surface area contributed by atoms with E-state index in [0.29, 0.717) is 5.72 Å². The van der Waals surface area contributed by atoms with Gasteiger partial charge in [0.05, 0.1) is 11.2 Å². The van der Waals surface area contributed by atoms with Crippen LogP contribution < -0.4 is 10.6 Å². The van der Waals surface area contributed by atoms with E-state index in [2.05, 4.69) is 26.8 Å². The van der Waals surface area contributed by atoms with Gasteiger partial charge in [-0.15, -0.1) is 0 Å². The Morgan fingerprint density at radius 1 is 1.05 bits per heavy atom. The molecule has 0 atom stereocenters. The summed E-state index contributed by atoms with van der Waals surface area (Å²) in [7, 11) is 1.64. The highest BCUT2D eigenvalue weighted by Gasteiger charge is 2.53. The third-order valence-corrected chi connectivity index (χ3v) is 4.95. The van der Waals surface area contributed by atoms with Gasteiger partial charge >= 0.3 is 7.12 Å². The van der Waals surface area contributed by atoms with Gasteiger partial charge in [0.2, 0.25) is 0 Å². The lowest BCUT2D eigenvalue weighted by atomic mass is 9.89. The van der Waals surface area contributed by atoms with Crippen molar-refractivity contribution < 1.29 is 9.31 Å². The van der Waals surface area contributed by atoms with E-state index in [0.717, 1.165) is 32.0 Å². The van der Waals surface area contributed by atoms with E-state index >= 15 is 0 Å². The molecule has 1 aromatic heterocycles. The molecule has 7 heteroatoms. The summed E-state index contributed by atoms with van der Waals surface area (Å²) in [4.78, 5) is 13.7. The summed E-state index contributed by atoms with van der Waals surface area (Å²) in [6.07, 6.45) is 1.79. The highest BCUT2D eigenvalue weighted by molar-refractivity contribution is 6.60. The van der Waals surface area contributed by atoms with Crippen molar-refractivity contribution in [2.45, 2.75) is 38.9 Å². The number of hydrogen-bond acceptors (Lipinski definition) is 6. The van der Waals surface area contributed by atoms with Crippen LogP contribution in [0.4, 0.5) is 5.82 Å². The van der Waals surface area contributed by atoms with Crippen molar-refractivity contribution in [1.82, 2.24) is 14.9 Å². The maximum atomic E-state index is 6.04. The van der Waals surface area contributed by atoms with Gasteiger partial charge in [-0.2, -0.15) is 0 Å². The van der Waals surface area contributed by atoms with Crippen molar-refractivity contribution in [3.63, 3.8) is 0 Å². The van der Waals surface area contributed by atoms with Crippen molar-refractivity contribution in [3.8, 4) is 0 Å². The van der Waals surface area contributed by atoms with E-state index in [1.807, 2.05) is 33.8 Å². The smallest absolute Gasteiger partial charge is 0.397 e. The van der Waals surface area contributed by atoms with Gasteiger partial charge in [-0.25, -0.2) is 9.97 Å². The lowest BCUT2D eigenvalue weighted by Crippen LogP contribution is -2.46. The molecule has 0 spiro atoms. The number of anilines is 1. The second-order valence-electron chi connectivity index (χ2n) is 7.15. The van der Waals surface area contributed by atoms with Crippen molar-refractivity contribution in [2.24, 2.45) is 0 Å². The maximum absolute atomic E-state index is 6.04. The first-order valence-electron chi connectivity index (χ1n) is 7.91. The molecule has 2 aliphatic rings. The molecular formula is C15H25BN4O2. The quantitative estimate of drug-likeness (QED) is 0.743. The molecule has 3 heterocycles. The number of nitrogens with zero attached hydrogens (tertiary/aromatic N) is 4. The molecule has 2 saturated heterocycles. The first-order valence-corrected chi connectivity index (χ1v) is 7.91. The lowest BCUT2D eigenvalue weighted by molar-refractivity contribution is 0.00578. The topological polar surface area (TPSA) is 50.7 Å². The van der Waals surface area contributed by atoms with E-state index in [1.165, 1.54) is 0 Å². The van der Waals surface area contributed by atoms with Gasteiger partial charge in [-0.1, -0.05) is 0 Å². The van der Waals surface area contributed by atoms with Crippen LogP contribution >= 0.6 is 0 Å². The molecule has 0 aromatic carbocycles. The molecule has 3 rings (SSSR count). The van der Waals surface area contributed by atoms with E-state index in [-0.39, 0.29) is 11.2 Å². The lowest BCUT2D eigenvalue weighted by Gasteiger charge is -2.33. The maximum Gasteiger partial charge on any atom is 0.534 e. The molecule has 0 aliphatic carbocycles. The van der Waals surface area contributed by atoms with E-state index < -0.39 is 7.12 Å². The van der Waals surface area contributed by atoms with Crippen LogP contribution in [0.15, 0.2) is 12.3 Å². The second kappa shape index (κ2) is 5.47. The normalized spacial score (nSPS) is 24.8. The third-order valence-electron chi connectivity index (χ3n) is 4.95. The van der Waals surface area contributed by atoms with Gasteiger partial charge in [0, 0.05) is 32.4 Å². The molecule has 6 nitrogen and oxygen atoms in total. The van der Waals surface area contributed by atoms with Crippen LogP contribution in [0.5, 0.6) is 0 Å². The Bertz CT molecular complexity index is 528. The van der Waals surface area contributed by atoms with Gasteiger partial charge in [-0.05, 0) is 40.8 Å². The first kappa shape index (κ1) is 15.7. The average Bonchev–Trinajstić information content (AvgIpc) is 2.68. The summed E-state index contributed by atoms with van der Waals surface area (Å²) >= 11 is 0. The van der Waals surface area contributed by atoms with Crippen molar-refractivity contribution in [1.29, 1.82) is 0 Å². The molecule has 0 unspecified atom stereocenters. The van der Waals surface area contributed by atoms with E-state index in [9.17, 15) is 0 Å². The molecule has 0 amide bonds. The number of piperazine rings is 1. The molecule has 0 N–H and O–H groups in total. The minimum atomic E-state index is -0.502. The van der Waals surface area contributed by atoms with Crippen molar-refractivity contribution in [2.75, 3.05) is 38.1 Å². The van der Waals surface area contributed by atoms with Crippen molar-refractivity contribution >= 4 is 18.7 Å². The van der Waals surface area contributed by atoms with Gasteiger partial charge in [0.15, 0.2) is 5.72 Å². The fourth-order valence-corrected chi connectivity index (χ4v) is 2.64. The molecule has 1 aromatic rings. The Labute approximate surface area is 133 Å². The summed E-state index contributed by atoms with van der Waals surface area (Å²) in [5.74, 6) is 0.952. The SMILES string of the molecule is CN1CCN(c2ccnc(B3OC(C)(C)C(C)(C)O3)n2)CC1. The zero-order valence-corrected chi connectivity index (χ0v) is 14.2. The van der Waals surface area contributed by atoms with Crippen LogP contribution in [0.2, 0.25) is 0 Å². The molecule has 2 fully saturated rings. The number of aromatic nitrogens is 2. The monoisotopic (exact) mass is 304 g/mol. The van der Waals surface area contributed by atoms with Crippen molar-refractivity contribution in [3.05, 3.63) is 12.3 Å². The highest BCUT2D eigenvalue weighted by atomic mass is 16.7. The molecular weight excluding hydrogens is 279 g/mol. The predicted octanol–water partition coefficient (Wildman–Crippen LogP) is 0.528. The minimum Gasteiger partial charge on any atom is -0.397 e. The fraction of sp³-hybridized carbons (Fsp3) is 0.733. The fourth-order valence-electron chi connectivity index (χ4n) is 2.64. The minimum absolute atomic E-state index is 0.370. The molecule has 0 saturated carbocycles. The summed E-state index contributed by atoms with van der Waals surface area (Å²) in [6, 6.07) is 1.96. The Balaban J connectivity index is 1.78. The Kier molecular flexibility index (Phi) is 3.91. The van der Waals surface area contributed by atoms with Gasteiger partial charge in [0.1, 0.15) is 5.82 Å². The molecule has 0 bridgehead atoms. The Morgan fingerprint density at radius 3 is 2.23 bits per heavy atom. The number of likely N-dealkylation sites (N-methyl/N-ethyl adjacent to an activating group) is 1. The van der Waals surface area contributed by atoms with Crippen LogP contribution in [-0.4, -0.2) is 66.4 Å². The van der Waals surface area contributed by atoms with Crippen LogP contribution in [0, 0.1) is 0 Å². The van der Waals surface area contributed by atoms with E-state index in [1.54, 1.807) is 6.20 Å². The largest absolute Gasteiger partial charge is 0.534 e. The van der Waals surface area contributed by atoms with Crippen LogP contribution in [0.1, 0.15) is 27.7 Å². The summed E-state index contributed by atoms with van der Waals surface area (Å²) in [5, 5.41) is 0. The Hall–Kier alpha value is -1.18. The summed E-state index contributed by atoms with van der Waals surface area (Å²) in [6.45, 7) is 12.2. The summed E-state index contributed by atoms with van der Waals surface area (Å²) in [5.41, 5.74) is -0.134. The third kappa shape index (κ3) is 2.85. The number of hydrogen-bond donors (Lipinski definition) is 0. The predicted molar refractivity (Wildman–Crippen MR) is 87.5 cm³/mol. The first-order chi connectivity index (χ1) is 10.3. The molecule has 2 aliphatic heterocycles. The van der Waals surface area contributed by atoms with E-state index in [4.69, 9.17) is 9.31 Å². The van der Waals surface area contributed by atoms with Crippen LogP contribution in [-0.2, 0) is 9.31 Å². The molecule has 0 radical (unpaired) electrons. The van der Waals surface area contributed by atoms with Crippen LogP contribution in [0.3, 0.4) is 0 Å². The average molecular weight is 304 g/mol. The zero-order valence-electron chi connectivity index (χ0n) is 14.2. The Morgan fingerprint density at radius 2 is 1.64 bits per heavy atom.